The van der Waals surface area contributed by atoms with Crippen molar-refractivity contribution in [2.45, 2.75) is 45.7 Å². The van der Waals surface area contributed by atoms with E-state index in [0.29, 0.717) is 0 Å². The van der Waals surface area contributed by atoms with Crippen molar-refractivity contribution in [1.29, 1.82) is 0 Å². The fourth-order valence-electron chi connectivity index (χ4n) is 1.93. The van der Waals surface area contributed by atoms with E-state index in [9.17, 15) is 0 Å². The Balaban J connectivity index is 0.000000845. The topological polar surface area (TPSA) is 8.81 Å². The molecule has 2 nitrogen and oxygen atoms in total. The van der Waals surface area contributed by atoms with Crippen LogP contribution in [0.1, 0.15) is 32.0 Å². The molecule has 74 valence electrons. The average molecular weight is 201 g/mol. The minimum Gasteiger partial charge on any atom is -1.00 e. The third-order valence-electron chi connectivity index (χ3n) is 2.64. The lowest BCUT2D eigenvalue weighted by Gasteiger charge is -1.96. The van der Waals surface area contributed by atoms with E-state index in [1.54, 1.807) is 0 Å². The van der Waals surface area contributed by atoms with Gasteiger partial charge in [0.1, 0.15) is 12.4 Å². The number of aryl methyl sites for hydroxylation is 2. The molecule has 0 aromatic carbocycles. The van der Waals surface area contributed by atoms with Gasteiger partial charge < -0.3 is 12.4 Å². The van der Waals surface area contributed by atoms with E-state index in [4.69, 9.17) is 0 Å². The molecule has 1 aliphatic rings. The first kappa shape index (κ1) is 10.6. The Kier molecular flexibility index (Phi) is 3.79. The van der Waals surface area contributed by atoms with Gasteiger partial charge in [0.2, 0.25) is 0 Å². The summed E-state index contributed by atoms with van der Waals surface area (Å²) in [5, 5.41) is 0. The molecule has 1 aliphatic heterocycles. The highest BCUT2D eigenvalue weighted by Crippen LogP contribution is 2.07. The number of imidazole rings is 1. The van der Waals surface area contributed by atoms with Crippen LogP contribution in [0.5, 0.6) is 0 Å². The molecule has 2 heterocycles. The van der Waals surface area contributed by atoms with Gasteiger partial charge in [-0.1, -0.05) is 13.3 Å². The van der Waals surface area contributed by atoms with Gasteiger partial charge in [-0.15, -0.1) is 0 Å². The lowest BCUT2D eigenvalue weighted by atomic mass is 10.3. The molecule has 0 radical (unpaired) electrons. The molecule has 0 saturated carbocycles. The van der Waals surface area contributed by atoms with Crippen LogP contribution in [0, 0.1) is 0 Å². The number of hydrogen-bond acceptors (Lipinski definition) is 0. The Bertz CT molecular complexity index is 268. The first-order chi connectivity index (χ1) is 5.92. The highest BCUT2D eigenvalue weighted by molar-refractivity contribution is 4.86. The summed E-state index contributed by atoms with van der Waals surface area (Å²) in [5.41, 5.74) is 0. The molecule has 0 unspecified atom stereocenters. The molecule has 0 amide bonds. The second kappa shape index (κ2) is 4.66. The summed E-state index contributed by atoms with van der Waals surface area (Å²) in [7, 11) is 0. The smallest absolute Gasteiger partial charge is 0.256 e. The van der Waals surface area contributed by atoms with Crippen molar-refractivity contribution >= 4 is 0 Å². The van der Waals surface area contributed by atoms with Crippen LogP contribution < -0.4 is 17.0 Å². The average Bonchev–Trinajstić information content (AvgIpc) is 2.62. The Morgan fingerprint density at radius 3 is 3.15 bits per heavy atom. The van der Waals surface area contributed by atoms with Crippen LogP contribution in [0.4, 0.5) is 0 Å². The quantitative estimate of drug-likeness (QED) is 0.527. The van der Waals surface area contributed by atoms with Crippen LogP contribution >= 0.6 is 0 Å². The van der Waals surface area contributed by atoms with Gasteiger partial charge >= 0.3 is 0 Å². The predicted molar refractivity (Wildman–Crippen MR) is 47.9 cm³/mol. The maximum absolute atomic E-state index is 2.41. The summed E-state index contributed by atoms with van der Waals surface area (Å²) in [6, 6.07) is 0. The van der Waals surface area contributed by atoms with Gasteiger partial charge in [-0.05, 0) is 12.8 Å². The standard InChI is InChI=1S/C10H17N2.ClH/c1-2-3-6-11-8-9-12-7-4-5-10(11)12;/h8-9H,2-7H2,1H3;1H/q+1;/p-1. The maximum atomic E-state index is 2.41. The Morgan fingerprint density at radius 1 is 1.54 bits per heavy atom. The zero-order valence-corrected chi connectivity index (χ0v) is 8.93. The first-order valence-corrected chi connectivity index (χ1v) is 4.99. The van der Waals surface area contributed by atoms with E-state index in [1.807, 2.05) is 0 Å². The molecular formula is C10H17ClN2. The second-order valence-electron chi connectivity index (χ2n) is 3.56. The Hall–Kier alpha value is -0.500. The highest BCUT2D eigenvalue weighted by Gasteiger charge is 2.21. The second-order valence-corrected chi connectivity index (χ2v) is 3.56. The van der Waals surface area contributed by atoms with Crippen molar-refractivity contribution in [3.8, 4) is 0 Å². The largest absolute Gasteiger partial charge is 1.00 e. The lowest BCUT2D eigenvalue weighted by molar-refractivity contribution is -0.690. The molecule has 3 heteroatoms. The molecule has 0 aliphatic carbocycles. The summed E-state index contributed by atoms with van der Waals surface area (Å²) >= 11 is 0. The van der Waals surface area contributed by atoms with Crippen LogP contribution in [0.3, 0.4) is 0 Å². The number of rotatable bonds is 3. The van der Waals surface area contributed by atoms with Gasteiger partial charge in [0.15, 0.2) is 0 Å². The minimum atomic E-state index is 0. The first-order valence-electron chi connectivity index (χ1n) is 4.99. The van der Waals surface area contributed by atoms with E-state index >= 15 is 0 Å². The van der Waals surface area contributed by atoms with Gasteiger partial charge in [-0.25, -0.2) is 9.13 Å². The van der Waals surface area contributed by atoms with Crippen molar-refractivity contribution in [2.24, 2.45) is 0 Å². The molecule has 0 bridgehead atoms. The molecular weight excluding hydrogens is 184 g/mol. The highest BCUT2D eigenvalue weighted by atomic mass is 35.5. The van der Waals surface area contributed by atoms with Gasteiger partial charge in [0.05, 0.1) is 19.5 Å². The van der Waals surface area contributed by atoms with Crippen LogP contribution in [-0.4, -0.2) is 4.57 Å². The van der Waals surface area contributed by atoms with Gasteiger partial charge in [-0.3, -0.25) is 0 Å². The number of unbranched alkanes of at least 4 members (excludes halogenated alkanes) is 1. The minimum absolute atomic E-state index is 0. The maximum Gasteiger partial charge on any atom is 0.256 e. The Morgan fingerprint density at radius 2 is 2.38 bits per heavy atom. The molecule has 0 fully saturated rings. The molecule has 0 spiro atoms. The zero-order chi connectivity index (χ0) is 8.39. The molecule has 2 rings (SSSR count). The number of hydrogen-bond donors (Lipinski definition) is 0. The normalized spacial score (nSPS) is 13.9. The van der Waals surface area contributed by atoms with E-state index in [0.717, 1.165) is 0 Å². The number of aromatic nitrogens is 2. The lowest BCUT2D eigenvalue weighted by Crippen LogP contribution is -3.00. The van der Waals surface area contributed by atoms with Crippen molar-refractivity contribution in [1.82, 2.24) is 4.57 Å². The van der Waals surface area contributed by atoms with E-state index in [2.05, 4.69) is 28.5 Å². The van der Waals surface area contributed by atoms with Crippen LogP contribution in [0.15, 0.2) is 12.4 Å². The molecule has 0 N–H and O–H groups in total. The monoisotopic (exact) mass is 200 g/mol. The third-order valence-corrected chi connectivity index (χ3v) is 2.64. The van der Waals surface area contributed by atoms with Crippen molar-refractivity contribution in [2.75, 3.05) is 0 Å². The van der Waals surface area contributed by atoms with Crippen LogP contribution in [-0.2, 0) is 19.5 Å². The molecule has 0 saturated heterocycles. The van der Waals surface area contributed by atoms with Crippen LogP contribution in [0.25, 0.3) is 0 Å². The van der Waals surface area contributed by atoms with Crippen molar-refractivity contribution < 1.29 is 17.0 Å². The van der Waals surface area contributed by atoms with Crippen LogP contribution in [0.2, 0.25) is 0 Å². The third kappa shape index (κ3) is 2.05. The van der Waals surface area contributed by atoms with Crippen molar-refractivity contribution in [3.05, 3.63) is 18.2 Å². The van der Waals surface area contributed by atoms with E-state index < -0.39 is 0 Å². The van der Waals surface area contributed by atoms with Crippen molar-refractivity contribution in [3.63, 3.8) is 0 Å². The molecule has 0 atom stereocenters. The van der Waals surface area contributed by atoms with Gasteiger partial charge in [0, 0.05) is 0 Å². The summed E-state index contributed by atoms with van der Waals surface area (Å²) in [4.78, 5) is 0. The summed E-state index contributed by atoms with van der Waals surface area (Å²) in [5.74, 6) is 1.53. The Labute approximate surface area is 86.0 Å². The van der Waals surface area contributed by atoms with E-state index in [-0.39, 0.29) is 12.4 Å². The van der Waals surface area contributed by atoms with Gasteiger partial charge in [0.25, 0.3) is 5.82 Å². The SMILES string of the molecule is CCCCn1cc[n+]2c1CCC2.[Cl-]. The predicted octanol–water partition coefficient (Wildman–Crippen LogP) is -1.47. The van der Waals surface area contributed by atoms with E-state index in [1.165, 1.54) is 44.6 Å². The molecule has 1 aromatic heterocycles. The number of halogens is 1. The fraction of sp³-hybridized carbons (Fsp3) is 0.700. The number of nitrogens with zero attached hydrogens (tertiary/aromatic N) is 2. The number of fused-ring (bicyclic) bond motifs is 1. The summed E-state index contributed by atoms with van der Waals surface area (Å²) in [6.07, 6.45) is 9.65. The molecule has 1 aromatic rings. The fourth-order valence-corrected chi connectivity index (χ4v) is 1.93. The van der Waals surface area contributed by atoms with Gasteiger partial charge in [-0.2, -0.15) is 0 Å². The zero-order valence-electron chi connectivity index (χ0n) is 8.17. The summed E-state index contributed by atoms with van der Waals surface area (Å²) in [6.45, 7) is 4.68. The summed E-state index contributed by atoms with van der Waals surface area (Å²) < 4.78 is 4.80. The molecule has 13 heavy (non-hydrogen) atoms.